The zero-order valence-electron chi connectivity index (χ0n) is 8.84. The Kier molecular flexibility index (Phi) is 4.13. The molecule has 0 aromatic heterocycles. The summed E-state index contributed by atoms with van der Waals surface area (Å²) >= 11 is 0. The average Bonchev–Trinajstić information content (AvgIpc) is 2.04. The van der Waals surface area contributed by atoms with E-state index >= 15 is 0 Å². The second kappa shape index (κ2) is 4.91. The fourth-order valence-electron chi connectivity index (χ4n) is 2.23. The van der Waals surface area contributed by atoms with E-state index in [9.17, 15) is 0 Å². The Balaban J connectivity index is 2.36. The van der Waals surface area contributed by atoms with Crippen LogP contribution in [0.3, 0.4) is 0 Å². The molecule has 12 heavy (non-hydrogen) atoms. The van der Waals surface area contributed by atoms with Gasteiger partial charge in [-0.05, 0) is 25.4 Å². The number of hydrogen-bond acceptors (Lipinski definition) is 1. The van der Waals surface area contributed by atoms with Gasteiger partial charge in [-0.15, -0.1) is 0 Å². The predicted molar refractivity (Wildman–Crippen MR) is 56.7 cm³/mol. The maximum absolute atomic E-state index is 2.69. The van der Waals surface area contributed by atoms with E-state index in [-0.39, 0.29) is 0 Å². The van der Waals surface area contributed by atoms with E-state index in [0.29, 0.717) is 0 Å². The van der Waals surface area contributed by atoms with Crippen LogP contribution in [0.2, 0.25) is 12.6 Å². The van der Waals surface area contributed by atoms with Crippen molar-refractivity contribution in [3.05, 3.63) is 0 Å². The summed E-state index contributed by atoms with van der Waals surface area (Å²) in [5.41, 5.74) is 0. The Morgan fingerprint density at radius 2 is 2.08 bits per heavy atom. The zero-order chi connectivity index (χ0) is 8.97. The number of hydrogen-bond donors (Lipinski definition) is 0. The third-order valence-electron chi connectivity index (χ3n) is 2.82. The molecule has 0 N–H and O–H groups in total. The molecule has 0 atom stereocenters. The Morgan fingerprint density at radius 1 is 1.33 bits per heavy atom. The lowest BCUT2D eigenvalue weighted by Gasteiger charge is -2.34. The highest BCUT2D eigenvalue weighted by atomic mass is 15.1. The van der Waals surface area contributed by atoms with Gasteiger partial charge in [-0.3, -0.25) is 0 Å². The molecule has 2 heteroatoms. The lowest BCUT2D eigenvalue weighted by Crippen LogP contribution is -2.44. The second-order valence-electron chi connectivity index (χ2n) is 4.45. The molecule has 0 spiro atoms. The third-order valence-corrected chi connectivity index (χ3v) is 2.82. The van der Waals surface area contributed by atoms with Gasteiger partial charge < -0.3 is 4.81 Å². The molecule has 1 saturated heterocycles. The molecule has 0 radical (unpaired) electrons. The molecule has 0 aromatic carbocycles. The molecule has 70 valence electrons. The minimum atomic E-state index is 0.831. The van der Waals surface area contributed by atoms with Crippen molar-refractivity contribution >= 4 is 6.85 Å². The molecular formula is C10H22BN. The van der Waals surface area contributed by atoms with Gasteiger partial charge in [-0.1, -0.05) is 39.8 Å². The topological polar surface area (TPSA) is 3.24 Å². The molecule has 1 fully saturated rings. The van der Waals surface area contributed by atoms with Crippen LogP contribution in [0, 0.1) is 5.92 Å². The average molecular weight is 167 g/mol. The summed E-state index contributed by atoms with van der Waals surface area (Å²) < 4.78 is 0. The van der Waals surface area contributed by atoms with Crippen LogP contribution in [-0.2, 0) is 0 Å². The molecule has 1 heterocycles. The van der Waals surface area contributed by atoms with Crippen LogP contribution < -0.4 is 0 Å². The molecule has 1 aliphatic rings. The van der Waals surface area contributed by atoms with Gasteiger partial charge in [0, 0.05) is 0 Å². The van der Waals surface area contributed by atoms with Gasteiger partial charge in [-0.2, -0.15) is 0 Å². The monoisotopic (exact) mass is 167 g/mol. The van der Waals surface area contributed by atoms with Crippen molar-refractivity contribution in [3.63, 3.8) is 0 Å². The van der Waals surface area contributed by atoms with Crippen LogP contribution in [0.25, 0.3) is 0 Å². The minimum Gasteiger partial charge on any atom is -0.342 e. The van der Waals surface area contributed by atoms with Gasteiger partial charge in [0.15, 0.2) is 0 Å². The summed E-state index contributed by atoms with van der Waals surface area (Å²) in [6.45, 7) is 10.5. The smallest absolute Gasteiger partial charge is 0.222 e. The van der Waals surface area contributed by atoms with Gasteiger partial charge in [-0.25, -0.2) is 0 Å². The van der Waals surface area contributed by atoms with Crippen molar-refractivity contribution in [1.82, 2.24) is 4.81 Å². The fourth-order valence-corrected chi connectivity index (χ4v) is 2.23. The summed E-state index contributed by atoms with van der Waals surface area (Å²) in [6, 6.07) is 0. The van der Waals surface area contributed by atoms with Crippen molar-refractivity contribution < 1.29 is 0 Å². The summed E-state index contributed by atoms with van der Waals surface area (Å²) in [5, 5.41) is 0. The highest BCUT2D eigenvalue weighted by molar-refractivity contribution is 6.55. The van der Waals surface area contributed by atoms with E-state index in [0.717, 1.165) is 12.8 Å². The quantitative estimate of drug-likeness (QED) is 0.584. The van der Waals surface area contributed by atoms with Crippen LogP contribution in [0.15, 0.2) is 0 Å². The van der Waals surface area contributed by atoms with Crippen LogP contribution >= 0.6 is 0 Å². The molecule has 0 aromatic rings. The van der Waals surface area contributed by atoms with Crippen molar-refractivity contribution in [2.24, 2.45) is 5.92 Å². The van der Waals surface area contributed by atoms with Gasteiger partial charge in [0.1, 0.15) is 0 Å². The molecular weight excluding hydrogens is 145 g/mol. The zero-order valence-corrected chi connectivity index (χ0v) is 8.84. The second-order valence-corrected chi connectivity index (χ2v) is 4.45. The standard InChI is InChI=1S/C10H22BN/c1-4-11-7-5-6-8-12(11)9-10(2)3/h10H,4-9H2,1-3H3. The molecule has 1 aliphatic heterocycles. The van der Waals surface area contributed by atoms with E-state index in [4.69, 9.17) is 0 Å². The highest BCUT2D eigenvalue weighted by Gasteiger charge is 2.24. The van der Waals surface area contributed by atoms with Gasteiger partial charge >= 0.3 is 0 Å². The van der Waals surface area contributed by atoms with Gasteiger partial charge in [0.05, 0.1) is 0 Å². The molecule has 0 bridgehead atoms. The Bertz CT molecular complexity index is 125. The number of rotatable bonds is 3. The third kappa shape index (κ3) is 2.82. The van der Waals surface area contributed by atoms with E-state index in [1.807, 2.05) is 0 Å². The summed E-state index contributed by atoms with van der Waals surface area (Å²) in [6.07, 6.45) is 5.65. The summed E-state index contributed by atoms with van der Waals surface area (Å²) in [5.74, 6) is 0.831. The summed E-state index contributed by atoms with van der Waals surface area (Å²) in [7, 11) is 0. The largest absolute Gasteiger partial charge is 0.342 e. The Hall–Kier alpha value is 0.0249. The SMILES string of the molecule is CCB1CCCCN1CC(C)C. The van der Waals surface area contributed by atoms with Crippen molar-refractivity contribution in [2.75, 3.05) is 13.1 Å². The van der Waals surface area contributed by atoms with Crippen molar-refractivity contribution in [2.45, 2.75) is 46.3 Å². The maximum Gasteiger partial charge on any atom is 0.222 e. The molecule has 0 amide bonds. The first-order chi connectivity index (χ1) is 5.74. The Labute approximate surface area is 77.6 Å². The Morgan fingerprint density at radius 3 is 2.67 bits per heavy atom. The molecule has 0 saturated carbocycles. The first-order valence-corrected chi connectivity index (χ1v) is 5.48. The van der Waals surface area contributed by atoms with E-state index in [1.165, 1.54) is 38.6 Å². The minimum absolute atomic E-state index is 0.831. The molecule has 0 aliphatic carbocycles. The van der Waals surface area contributed by atoms with Crippen LogP contribution in [0.5, 0.6) is 0 Å². The normalized spacial score (nSPS) is 20.5. The first kappa shape index (κ1) is 10.1. The van der Waals surface area contributed by atoms with Crippen LogP contribution in [0.1, 0.15) is 33.6 Å². The summed E-state index contributed by atoms with van der Waals surface area (Å²) in [4.78, 5) is 2.69. The lowest BCUT2D eigenvalue weighted by molar-refractivity contribution is 0.349. The fraction of sp³-hybridized carbons (Fsp3) is 1.00. The van der Waals surface area contributed by atoms with Crippen molar-refractivity contribution in [1.29, 1.82) is 0 Å². The maximum atomic E-state index is 2.69. The lowest BCUT2D eigenvalue weighted by atomic mass is 9.52. The van der Waals surface area contributed by atoms with Crippen LogP contribution in [-0.4, -0.2) is 24.7 Å². The van der Waals surface area contributed by atoms with Gasteiger partial charge in [0.2, 0.25) is 6.85 Å². The van der Waals surface area contributed by atoms with Crippen LogP contribution in [0.4, 0.5) is 0 Å². The van der Waals surface area contributed by atoms with E-state index in [2.05, 4.69) is 25.6 Å². The molecule has 1 rings (SSSR count). The van der Waals surface area contributed by atoms with E-state index in [1.54, 1.807) is 0 Å². The van der Waals surface area contributed by atoms with Gasteiger partial charge in [0.25, 0.3) is 0 Å². The van der Waals surface area contributed by atoms with E-state index < -0.39 is 0 Å². The first-order valence-electron chi connectivity index (χ1n) is 5.48. The van der Waals surface area contributed by atoms with Crippen molar-refractivity contribution in [3.8, 4) is 0 Å². The molecule has 1 nitrogen and oxygen atoms in total. The predicted octanol–water partition coefficient (Wildman–Crippen LogP) is 2.75. The number of nitrogens with zero attached hydrogens (tertiary/aromatic N) is 1. The molecule has 0 unspecified atom stereocenters. The highest BCUT2D eigenvalue weighted by Crippen LogP contribution is 2.18.